The number of methoxy groups -OCH3 is 1. The molecule has 0 heterocycles. The first kappa shape index (κ1) is 46.0. The van der Waals surface area contributed by atoms with Gasteiger partial charge in [-0.3, -0.25) is 0 Å². The molecule has 0 atom stereocenters. The zero-order chi connectivity index (χ0) is 42.6. The van der Waals surface area contributed by atoms with Gasteiger partial charge in [0.2, 0.25) is 5.75 Å². The van der Waals surface area contributed by atoms with Gasteiger partial charge in [0.1, 0.15) is 23.9 Å². The number of nitrogens with zero attached hydrogens (tertiary/aromatic N) is 2. The van der Waals surface area contributed by atoms with Crippen molar-refractivity contribution in [3.63, 3.8) is 0 Å². The van der Waals surface area contributed by atoms with Crippen LogP contribution in [0.5, 0.6) is 28.7 Å². The minimum atomic E-state index is -0.484. The van der Waals surface area contributed by atoms with Crippen LogP contribution >= 0.6 is 0 Å². The summed E-state index contributed by atoms with van der Waals surface area (Å²) in [5.41, 5.74) is 2.81. The van der Waals surface area contributed by atoms with Crippen LogP contribution in [0, 0.1) is 0 Å². The van der Waals surface area contributed by atoms with Crippen LogP contribution in [0.15, 0.2) is 127 Å². The maximum absolute atomic E-state index is 12.7. The van der Waals surface area contributed by atoms with Crippen LogP contribution in [0.1, 0.15) is 78.4 Å². The molecule has 0 aliphatic heterocycles. The van der Waals surface area contributed by atoms with E-state index < -0.39 is 11.9 Å². The quantitative estimate of drug-likeness (QED) is 0.0103. The second-order valence-electron chi connectivity index (χ2n) is 13.1. The Hall–Kier alpha value is -6.73. The van der Waals surface area contributed by atoms with Crippen molar-refractivity contribution in [1.82, 2.24) is 0 Å². The van der Waals surface area contributed by atoms with Crippen molar-refractivity contribution in [2.45, 2.75) is 58.0 Å². The zero-order valence-electron chi connectivity index (χ0n) is 34.0. The number of carbonyl (C=O) groups excluding carboxylic acids is 3. The Morgan fingerprint density at radius 3 is 1.62 bits per heavy atom. The SMILES string of the molecule is C=CC(=O)OCCCCCCOc1ccc(COOc2ccc(C=NN=Cc3ccc(OC(=O)c4ccc(OCCCCCCOC(=O)C=C)cc4)cc3)cc2OC)cc1. The second-order valence-corrected chi connectivity index (χ2v) is 13.1. The van der Waals surface area contributed by atoms with Gasteiger partial charge in [-0.05, 0) is 147 Å². The van der Waals surface area contributed by atoms with Crippen LogP contribution in [0.2, 0.25) is 0 Å². The van der Waals surface area contributed by atoms with Gasteiger partial charge in [0.05, 0.1) is 51.5 Å². The van der Waals surface area contributed by atoms with E-state index in [0.717, 1.165) is 79.9 Å². The van der Waals surface area contributed by atoms with E-state index in [4.69, 9.17) is 38.2 Å². The molecule has 0 saturated heterocycles. The maximum Gasteiger partial charge on any atom is 0.343 e. The number of hydrogen-bond donors (Lipinski definition) is 0. The summed E-state index contributed by atoms with van der Waals surface area (Å²) in [5, 5.41) is 8.26. The number of rotatable bonds is 28. The van der Waals surface area contributed by atoms with Crippen LogP contribution in [-0.2, 0) is 30.6 Å². The standard InChI is InChI=1S/C47H52N2O11/c1-4-45(50)56-30-12-8-6-10-28-54-40-21-16-37(17-22-40)35-58-60-43-27-18-38(32-44(43)53-3)34-49-48-33-36-14-23-42(24-15-36)59-47(52)39-19-25-41(26-20-39)55-29-11-7-9-13-31-57-46(51)5-2/h4-5,14-27,32-34H,1-2,6-13,28-31,35H2,3H3. The largest absolute Gasteiger partial charge is 0.494 e. The van der Waals surface area contributed by atoms with Gasteiger partial charge in [0.25, 0.3) is 0 Å². The van der Waals surface area contributed by atoms with Crippen molar-refractivity contribution in [1.29, 1.82) is 0 Å². The molecule has 0 aliphatic carbocycles. The van der Waals surface area contributed by atoms with Crippen LogP contribution in [-0.4, -0.2) is 63.9 Å². The van der Waals surface area contributed by atoms with Crippen LogP contribution < -0.4 is 23.8 Å². The Morgan fingerprint density at radius 2 is 1.07 bits per heavy atom. The third-order valence-electron chi connectivity index (χ3n) is 8.58. The van der Waals surface area contributed by atoms with Gasteiger partial charge < -0.3 is 33.3 Å². The smallest absolute Gasteiger partial charge is 0.343 e. The van der Waals surface area contributed by atoms with E-state index in [1.807, 2.05) is 24.3 Å². The predicted molar refractivity (Wildman–Crippen MR) is 228 cm³/mol. The fourth-order valence-corrected chi connectivity index (χ4v) is 5.31. The summed E-state index contributed by atoms with van der Waals surface area (Å²) in [6.07, 6.45) is 12.7. The summed E-state index contributed by atoms with van der Waals surface area (Å²) < 4.78 is 32.5. The first-order chi connectivity index (χ1) is 29.4. The highest BCUT2D eigenvalue weighted by atomic mass is 17.2. The molecule has 0 amide bonds. The van der Waals surface area contributed by atoms with Gasteiger partial charge in [0, 0.05) is 12.2 Å². The van der Waals surface area contributed by atoms with E-state index in [0.29, 0.717) is 55.0 Å². The van der Waals surface area contributed by atoms with Crippen LogP contribution in [0.3, 0.4) is 0 Å². The Labute approximate surface area is 351 Å². The van der Waals surface area contributed by atoms with Gasteiger partial charge in [-0.1, -0.05) is 25.3 Å². The minimum absolute atomic E-state index is 0.217. The van der Waals surface area contributed by atoms with Crippen LogP contribution in [0.25, 0.3) is 0 Å². The second kappa shape index (κ2) is 27.0. The van der Waals surface area contributed by atoms with E-state index in [-0.39, 0.29) is 12.6 Å². The van der Waals surface area contributed by atoms with Gasteiger partial charge in [-0.2, -0.15) is 15.1 Å². The molecule has 0 saturated carbocycles. The number of ether oxygens (including phenoxy) is 6. The Morgan fingerprint density at radius 1 is 0.567 bits per heavy atom. The molecule has 0 unspecified atom stereocenters. The summed E-state index contributed by atoms with van der Waals surface area (Å²) in [5.74, 6) is 1.42. The lowest BCUT2D eigenvalue weighted by Gasteiger charge is -2.10. The van der Waals surface area contributed by atoms with Crippen LogP contribution in [0.4, 0.5) is 0 Å². The summed E-state index contributed by atoms with van der Waals surface area (Å²) in [7, 11) is 1.54. The molecular formula is C47H52N2O11. The van der Waals surface area contributed by atoms with Gasteiger partial charge in [0.15, 0.2) is 5.75 Å². The van der Waals surface area contributed by atoms with E-state index in [2.05, 4.69) is 23.4 Å². The Bertz CT molecular complexity index is 1990. The molecule has 60 heavy (non-hydrogen) atoms. The van der Waals surface area contributed by atoms with E-state index in [9.17, 15) is 14.4 Å². The molecule has 13 nitrogen and oxygen atoms in total. The number of unbranched alkanes of at least 4 members (excludes halogenated alkanes) is 6. The molecule has 13 heteroatoms. The van der Waals surface area contributed by atoms with Crippen molar-refractivity contribution < 1.29 is 52.6 Å². The third kappa shape index (κ3) is 17.8. The zero-order valence-corrected chi connectivity index (χ0v) is 34.0. The molecule has 4 aromatic rings. The van der Waals surface area contributed by atoms with Crippen molar-refractivity contribution in [3.05, 3.63) is 139 Å². The molecule has 316 valence electrons. The Balaban J connectivity index is 1.11. The van der Waals surface area contributed by atoms with Crippen molar-refractivity contribution >= 4 is 30.3 Å². The number of carbonyl (C=O) groups is 3. The molecule has 4 aromatic carbocycles. The molecule has 0 spiro atoms. The number of benzene rings is 4. The average Bonchev–Trinajstić information content (AvgIpc) is 3.28. The summed E-state index contributed by atoms with van der Waals surface area (Å²) in [4.78, 5) is 45.8. The summed E-state index contributed by atoms with van der Waals surface area (Å²) in [6, 6.07) is 26.6. The minimum Gasteiger partial charge on any atom is -0.494 e. The van der Waals surface area contributed by atoms with Gasteiger partial charge in [-0.15, -0.1) is 0 Å². The average molecular weight is 821 g/mol. The molecular weight excluding hydrogens is 769 g/mol. The van der Waals surface area contributed by atoms with Crippen molar-refractivity contribution in [2.75, 3.05) is 33.5 Å². The monoisotopic (exact) mass is 820 g/mol. The van der Waals surface area contributed by atoms with Crippen molar-refractivity contribution in [2.24, 2.45) is 10.2 Å². The topological polar surface area (TPSA) is 150 Å². The first-order valence-corrected chi connectivity index (χ1v) is 19.8. The molecule has 4 rings (SSSR count). The molecule has 0 radical (unpaired) electrons. The Kier molecular flexibility index (Phi) is 20.7. The van der Waals surface area contributed by atoms with Gasteiger partial charge in [-0.25, -0.2) is 14.4 Å². The lowest BCUT2D eigenvalue weighted by molar-refractivity contribution is -0.218. The lowest BCUT2D eigenvalue weighted by Crippen LogP contribution is -2.08. The van der Waals surface area contributed by atoms with E-state index >= 15 is 0 Å². The fraction of sp³-hybridized carbons (Fsp3) is 0.298. The highest BCUT2D eigenvalue weighted by molar-refractivity contribution is 5.91. The fourth-order valence-electron chi connectivity index (χ4n) is 5.31. The molecule has 0 fully saturated rings. The van der Waals surface area contributed by atoms with E-state index in [1.54, 1.807) is 79.2 Å². The molecule has 0 aromatic heterocycles. The number of esters is 3. The molecule has 0 bridgehead atoms. The van der Waals surface area contributed by atoms with Gasteiger partial charge >= 0.3 is 17.9 Å². The summed E-state index contributed by atoms with van der Waals surface area (Å²) >= 11 is 0. The normalized spacial score (nSPS) is 10.9. The first-order valence-electron chi connectivity index (χ1n) is 19.8. The lowest BCUT2D eigenvalue weighted by atomic mass is 10.2. The molecule has 0 N–H and O–H groups in total. The highest BCUT2D eigenvalue weighted by Crippen LogP contribution is 2.28. The highest BCUT2D eigenvalue weighted by Gasteiger charge is 2.10. The third-order valence-corrected chi connectivity index (χ3v) is 8.58. The number of hydrogen-bond acceptors (Lipinski definition) is 13. The predicted octanol–water partition coefficient (Wildman–Crippen LogP) is 9.21. The maximum atomic E-state index is 12.7. The molecule has 0 aliphatic rings. The van der Waals surface area contributed by atoms with E-state index in [1.165, 1.54) is 13.2 Å². The summed E-state index contributed by atoms with van der Waals surface area (Å²) in [6.45, 7) is 8.91. The van der Waals surface area contributed by atoms with Crippen molar-refractivity contribution in [3.8, 4) is 28.7 Å².